The van der Waals surface area contributed by atoms with Gasteiger partial charge in [0, 0.05) is 38.0 Å². The third-order valence-corrected chi connectivity index (χ3v) is 5.39. The zero-order chi connectivity index (χ0) is 18.9. The van der Waals surface area contributed by atoms with Crippen molar-refractivity contribution in [3.63, 3.8) is 0 Å². The van der Waals surface area contributed by atoms with Crippen LogP contribution in [0.2, 0.25) is 0 Å². The lowest BCUT2D eigenvalue weighted by molar-refractivity contribution is -0.0369. The van der Waals surface area contributed by atoms with Gasteiger partial charge in [0.2, 0.25) is 0 Å². The highest BCUT2D eigenvalue weighted by atomic mass is 16.6. The Labute approximate surface area is 158 Å². The van der Waals surface area contributed by atoms with Gasteiger partial charge in [0.15, 0.2) is 0 Å². The largest absolute Gasteiger partial charge is 0.497 e. The molecule has 0 saturated carbocycles. The van der Waals surface area contributed by atoms with Crippen LogP contribution >= 0.6 is 0 Å². The van der Waals surface area contributed by atoms with Crippen LogP contribution in [0.5, 0.6) is 5.75 Å². The highest BCUT2D eigenvalue weighted by Crippen LogP contribution is 2.43. The van der Waals surface area contributed by atoms with E-state index in [-0.39, 0.29) is 12.0 Å². The lowest BCUT2D eigenvalue weighted by Crippen LogP contribution is -2.48. The summed E-state index contributed by atoms with van der Waals surface area (Å²) in [5.74, 6) is 0.529. The fraction of sp³-hybridized carbons (Fsp3) is 0.333. The number of piperidine rings is 1. The average molecular weight is 366 g/mol. The molecule has 0 aromatic heterocycles. The molecule has 1 N–H and O–H groups in total. The first-order chi connectivity index (χ1) is 13.1. The van der Waals surface area contributed by atoms with Crippen LogP contribution in [0.3, 0.4) is 0 Å². The normalized spacial score (nSPS) is 17.4. The first-order valence-electron chi connectivity index (χ1n) is 9.10. The lowest BCUT2D eigenvalue weighted by atomic mass is 9.84. The second-order valence-electron chi connectivity index (χ2n) is 6.92. The number of nitrogens with one attached hydrogen (secondary N) is 1. The molecule has 140 valence electrons. The fourth-order valence-corrected chi connectivity index (χ4v) is 3.82. The molecule has 0 unspecified atom stereocenters. The van der Waals surface area contributed by atoms with E-state index in [0.717, 1.165) is 16.9 Å². The summed E-state index contributed by atoms with van der Waals surface area (Å²) in [5.41, 5.74) is 2.03. The Morgan fingerprint density at radius 3 is 2.56 bits per heavy atom. The van der Waals surface area contributed by atoms with Gasteiger partial charge < -0.3 is 19.7 Å². The summed E-state index contributed by atoms with van der Waals surface area (Å²) in [6.45, 7) is 1.56. The molecule has 2 amide bonds. The molecule has 0 aliphatic carbocycles. The Bertz CT molecular complexity index is 855. The van der Waals surface area contributed by atoms with Gasteiger partial charge in [0.25, 0.3) is 0 Å². The van der Waals surface area contributed by atoms with Crippen LogP contribution in [0.1, 0.15) is 34.3 Å². The number of methoxy groups -OCH3 is 1. The third-order valence-electron chi connectivity index (χ3n) is 5.39. The van der Waals surface area contributed by atoms with Crippen LogP contribution in [0, 0.1) is 0 Å². The van der Waals surface area contributed by atoms with Crippen LogP contribution in [-0.4, -0.2) is 37.1 Å². The van der Waals surface area contributed by atoms with E-state index in [4.69, 9.17) is 9.47 Å². The molecular weight excluding hydrogens is 344 g/mol. The zero-order valence-corrected chi connectivity index (χ0v) is 15.2. The number of carbonyl (C=O) groups is 2. The van der Waals surface area contributed by atoms with E-state index in [1.165, 1.54) is 0 Å². The van der Waals surface area contributed by atoms with Gasteiger partial charge in [-0.25, -0.2) is 9.59 Å². The summed E-state index contributed by atoms with van der Waals surface area (Å²) in [6, 6.07) is 15.0. The maximum atomic E-state index is 12.5. The van der Waals surface area contributed by atoms with Crippen molar-refractivity contribution in [2.45, 2.75) is 25.0 Å². The van der Waals surface area contributed by atoms with Crippen LogP contribution in [0.25, 0.3) is 0 Å². The molecule has 1 saturated heterocycles. The number of carbonyl (C=O) groups excluding carboxylic acids is 2. The zero-order valence-electron chi connectivity index (χ0n) is 15.2. The Kier molecular flexibility index (Phi) is 4.48. The molecule has 2 aliphatic heterocycles. The van der Waals surface area contributed by atoms with E-state index in [9.17, 15) is 9.59 Å². The molecule has 2 aromatic rings. The second kappa shape index (κ2) is 6.95. The molecule has 0 radical (unpaired) electrons. The molecule has 6 heteroatoms. The molecule has 0 atom stereocenters. The smallest absolute Gasteiger partial charge is 0.339 e. The number of hydrogen-bond acceptors (Lipinski definition) is 4. The highest BCUT2D eigenvalue weighted by molar-refractivity contribution is 5.94. The number of rotatable bonds is 3. The van der Waals surface area contributed by atoms with Gasteiger partial charge in [-0.3, -0.25) is 0 Å². The number of hydrogen-bond donors (Lipinski definition) is 1. The summed E-state index contributed by atoms with van der Waals surface area (Å²) < 4.78 is 10.9. The predicted octanol–water partition coefficient (Wildman–Crippen LogP) is 3.07. The molecule has 2 heterocycles. The molecule has 4 rings (SSSR count). The molecule has 1 spiro atoms. The minimum atomic E-state index is -0.583. The highest BCUT2D eigenvalue weighted by Gasteiger charge is 2.47. The number of esters is 1. The first-order valence-corrected chi connectivity index (χ1v) is 9.10. The van der Waals surface area contributed by atoms with E-state index < -0.39 is 5.60 Å². The minimum absolute atomic E-state index is 0.0988. The molecular formula is C21H22N2O4. The van der Waals surface area contributed by atoms with Gasteiger partial charge >= 0.3 is 12.0 Å². The summed E-state index contributed by atoms with van der Waals surface area (Å²) in [5, 5.41) is 2.95. The van der Waals surface area contributed by atoms with E-state index in [1.807, 2.05) is 42.5 Å². The number of urea groups is 1. The maximum absolute atomic E-state index is 12.5. The molecule has 2 aromatic carbocycles. The number of amides is 2. The van der Waals surface area contributed by atoms with Crippen molar-refractivity contribution >= 4 is 12.0 Å². The van der Waals surface area contributed by atoms with Crippen molar-refractivity contribution in [2.75, 3.05) is 20.2 Å². The number of likely N-dealkylation sites (tertiary alicyclic amines) is 1. The molecule has 2 aliphatic rings. The number of benzene rings is 2. The van der Waals surface area contributed by atoms with E-state index >= 15 is 0 Å². The van der Waals surface area contributed by atoms with Crippen molar-refractivity contribution < 1.29 is 19.1 Å². The fourth-order valence-electron chi connectivity index (χ4n) is 3.82. The summed E-state index contributed by atoms with van der Waals surface area (Å²) in [6.07, 6.45) is 1.23. The standard InChI is InChI=1S/C21H22N2O4/c1-26-16-8-6-15(7-9-16)14-22-20(25)23-12-10-21(11-13-23)18-5-3-2-4-17(18)19(24)27-21/h2-9H,10-14H2,1H3,(H,22,25). The van der Waals surface area contributed by atoms with Gasteiger partial charge in [-0.1, -0.05) is 30.3 Å². The Balaban J connectivity index is 1.35. The Hall–Kier alpha value is -3.02. The molecule has 0 bridgehead atoms. The molecule has 1 fully saturated rings. The van der Waals surface area contributed by atoms with Crippen LogP contribution in [-0.2, 0) is 16.9 Å². The summed E-state index contributed by atoms with van der Waals surface area (Å²) in [4.78, 5) is 26.4. The first kappa shape index (κ1) is 17.4. The van der Waals surface area contributed by atoms with E-state index in [0.29, 0.717) is 38.0 Å². The van der Waals surface area contributed by atoms with Gasteiger partial charge in [-0.05, 0) is 23.8 Å². The minimum Gasteiger partial charge on any atom is -0.497 e. The number of ether oxygens (including phenoxy) is 2. The average Bonchev–Trinajstić information content (AvgIpc) is 2.99. The summed E-state index contributed by atoms with van der Waals surface area (Å²) >= 11 is 0. The molecule has 27 heavy (non-hydrogen) atoms. The van der Waals surface area contributed by atoms with Crippen molar-refractivity contribution in [3.8, 4) is 5.75 Å². The third kappa shape index (κ3) is 3.23. The van der Waals surface area contributed by atoms with Gasteiger partial charge in [-0.15, -0.1) is 0 Å². The molecule has 6 nitrogen and oxygen atoms in total. The van der Waals surface area contributed by atoms with Gasteiger partial charge in [0.1, 0.15) is 11.4 Å². The van der Waals surface area contributed by atoms with Gasteiger partial charge in [-0.2, -0.15) is 0 Å². The lowest BCUT2D eigenvalue weighted by Gasteiger charge is -2.38. The topological polar surface area (TPSA) is 67.9 Å². The predicted molar refractivity (Wildman–Crippen MR) is 99.6 cm³/mol. The monoisotopic (exact) mass is 366 g/mol. The van der Waals surface area contributed by atoms with Crippen LogP contribution in [0.4, 0.5) is 4.79 Å². The number of nitrogens with zero attached hydrogens (tertiary/aromatic N) is 1. The van der Waals surface area contributed by atoms with Crippen LogP contribution in [0.15, 0.2) is 48.5 Å². The Morgan fingerprint density at radius 2 is 1.85 bits per heavy atom. The Morgan fingerprint density at radius 1 is 1.15 bits per heavy atom. The second-order valence-corrected chi connectivity index (χ2v) is 6.92. The van der Waals surface area contributed by atoms with E-state index in [1.54, 1.807) is 18.1 Å². The van der Waals surface area contributed by atoms with Crippen molar-refractivity contribution in [1.82, 2.24) is 10.2 Å². The van der Waals surface area contributed by atoms with Crippen molar-refractivity contribution in [3.05, 3.63) is 65.2 Å². The van der Waals surface area contributed by atoms with Crippen molar-refractivity contribution in [1.29, 1.82) is 0 Å². The van der Waals surface area contributed by atoms with Crippen LogP contribution < -0.4 is 10.1 Å². The van der Waals surface area contributed by atoms with E-state index in [2.05, 4.69) is 5.32 Å². The SMILES string of the molecule is COc1ccc(CNC(=O)N2CCC3(CC2)OC(=O)c2ccccc23)cc1. The maximum Gasteiger partial charge on any atom is 0.339 e. The quantitative estimate of drug-likeness (QED) is 0.848. The van der Waals surface area contributed by atoms with Gasteiger partial charge in [0.05, 0.1) is 12.7 Å². The number of fused-ring (bicyclic) bond motifs is 2. The van der Waals surface area contributed by atoms with Crippen molar-refractivity contribution in [2.24, 2.45) is 0 Å². The summed E-state index contributed by atoms with van der Waals surface area (Å²) in [7, 11) is 1.62.